The van der Waals surface area contributed by atoms with Crippen molar-refractivity contribution in [2.45, 2.75) is 24.7 Å². The van der Waals surface area contributed by atoms with Crippen LogP contribution in [0.5, 0.6) is 0 Å². The number of carbonyl (C=O) groups excluding carboxylic acids is 1. The van der Waals surface area contributed by atoms with Crippen molar-refractivity contribution in [2.24, 2.45) is 0 Å². The number of nitrogens with zero attached hydrogens (tertiary/aromatic N) is 4. The predicted molar refractivity (Wildman–Crippen MR) is 102 cm³/mol. The Morgan fingerprint density at radius 3 is 2.46 bits per heavy atom. The van der Waals surface area contributed by atoms with E-state index in [1.807, 2.05) is 0 Å². The third kappa shape index (κ3) is 3.66. The van der Waals surface area contributed by atoms with Crippen LogP contribution in [0.2, 0.25) is 0 Å². The first kappa shape index (κ1) is 18.0. The topological polar surface area (TPSA) is 92.7 Å². The molecule has 0 unspecified atom stereocenters. The molecule has 0 saturated heterocycles. The van der Waals surface area contributed by atoms with Gasteiger partial charge in [0.25, 0.3) is 5.91 Å². The molecule has 3 heterocycles. The third-order valence-electron chi connectivity index (χ3n) is 5.01. The van der Waals surface area contributed by atoms with Gasteiger partial charge in [-0.1, -0.05) is 6.42 Å². The number of hydrogen-bond donors (Lipinski definition) is 2. The number of amides is 1. The minimum Gasteiger partial charge on any atom is -0.353 e. The summed E-state index contributed by atoms with van der Waals surface area (Å²) in [4.78, 5) is 28.8. The quantitative estimate of drug-likeness (QED) is 0.684. The Labute approximate surface area is 161 Å². The van der Waals surface area contributed by atoms with E-state index < -0.39 is 0 Å². The molecule has 1 saturated carbocycles. The summed E-state index contributed by atoms with van der Waals surface area (Å²) in [7, 11) is 0. The third-order valence-corrected chi connectivity index (χ3v) is 5.01. The summed E-state index contributed by atoms with van der Waals surface area (Å²) in [5.74, 6) is -0.195. The van der Waals surface area contributed by atoms with Gasteiger partial charge in [0, 0.05) is 48.6 Å². The number of carbonyl (C=O) groups is 1. The SMILES string of the molecule is O=C(Nc1ccncc1)c1cnc(NCC2(c3ncccc3F)CCC2)nc1. The summed E-state index contributed by atoms with van der Waals surface area (Å²) in [6.07, 6.45) is 10.5. The van der Waals surface area contributed by atoms with Gasteiger partial charge in [0.05, 0.1) is 11.3 Å². The summed E-state index contributed by atoms with van der Waals surface area (Å²) in [5, 5.41) is 5.91. The molecule has 0 aliphatic heterocycles. The first-order chi connectivity index (χ1) is 13.7. The summed E-state index contributed by atoms with van der Waals surface area (Å²) >= 11 is 0. The zero-order valence-electron chi connectivity index (χ0n) is 15.1. The number of hydrogen-bond acceptors (Lipinski definition) is 6. The van der Waals surface area contributed by atoms with Crippen LogP contribution in [0.4, 0.5) is 16.0 Å². The van der Waals surface area contributed by atoms with Crippen LogP contribution in [-0.2, 0) is 5.41 Å². The van der Waals surface area contributed by atoms with Gasteiger partial charge in [0.2, 0.25) is 5.95 Å². The van der Waals surface area contributed by atoms with Gasteiger partial charge in [-0.2, -0.15) is 0 Å². The Hall–Kier alpha value is -3.42. The molecule has 142 valence electrons. The highest BCUT2D eigenvalue weighted by molar-refractivity contribution is 6.03. The van der Waals surface area contributed by atoms with Crippen LogP contribution in [0.25, 0.3) is 0 Å². The van der Waals surface area contributed by atoms with E-state index in [0.29, 0.717) is 29.4 Å². The highest BCUT2D eigenvalue weighted by Crippen LogP contribution is 2.43. The van der Waals surface area contributed by atoms with Crippen molar-refractivity contribution in [1.82, 2.24) is 19.9 Å². The number of aromatic nitrogens is 4. The minimum absolute atomic E-state index is 0.284. The first-order valence-corrected chi connectivity index (χ1v) is 9.05. The second-order valence-corrected chi connectivity index (χ2v) is 6.81. The lowest BCUT2D eigenvalue weighted by atomic mass is 9.66. The Balaban J connectivity index is 1.41. The van der Waals surface area contributed by atoms with Gasteiger partial charge in [-0.25, -0.2) is 14.4 Å². The number of rotatable bonds is 6. The maximum atomic E-state index is 14.2. The largest absolute Gasteiger partial charge is 0.353 e. The average molecular weight is 378 g/mol. The molecule has 4 rings (SSSR count). The summed E-state index contributed by atoms with van der Waals surface area (Å²) in [6.45, 7) is 0.490. The van der Waals surface area contributed by atoms with Gasteiger partial charge in [-0.05, 0) is 37.1 Å². The monoisotopic (exact) mass is 378 g/mol. The molecular formula is C20H19FN6O. The fourth-order valence-electron chi connectivity index (χ4n) is 3.30. The molecule has 3 aromatic heterocycles. The highest BCUT2D eigenvalue weighted by atomic mass is 19.1. The standard InChI is InChI=1S/C20H19FN6O/c21-16-3-1-8-23-17(16)20(6-2-7-20)13-26-19-24-11-14(12-25-19)18(28)27-15-4-9-22-10-5-15/h1,3-5,8-12H,2,6-7,13H2,(H,22,27,28)(H,24,25,26). The van der Waals surface area contributed by atoms with Crippen LogP contribution in [0.15, 0.2) is 55.2 Å². The molecule has 2 N–H and O–H groups in total. The van der Waals surface area contributed by atoms with E-state index in [1.54, 1.807) is 36.8 Å². The molecule has 0 aromatic carbocycles. The number of halogens is 1. The van der Waals surface area contributed by atoms with Gasteiger partial charge in [0.15, 0.2) is 0 Å². The van der Waals surface area contributed by atoms with E-state index in [2.05, 4.69) is 30.6 Å². The van der Waals surface area contributed by atoms with Gasteiger partial charge < -0.3 is 10.6 Å². The van der Waals surface area contributed by atoms with E-state index in [0.717, 1.165) is 19.3 Å². The summed E-state index contributed by atoms with van der Waals surface area (Å²) in [6, 6.07) is 6.43. The van der Waals surface area contributed by atoms with Crippen molar-refractivity contribution in [3.8, 4) is 0 Å². The normalized spacial score (nSPS) is 14.8. The van der Waals surface area contributed by atoms with Crippen molar-refractivity contribution >= 4 is 17.5 Å². The van der Waals surface area contributed by atoms with Crippen molar-refractivity contribution in [2.75, 3.05) is 17.2 Å². The van der Waals surface area contributed by atoms with Crippen LogP contribution in [0.1, 0.15) is 35.3 Å². The molecule has 28 heavy (non-hydrogen) atoms. The molecule has 3 aromatic rings. The van der Waals surface area contributed by atoms with Crippen LogP contribution in [-0.4, -0.2) is 32.4 Å². The van der Waals surface area contributed by atoms with E-state index >= 15 is 0 Å². The van der Waals surface area contributed by atoms with Gasteiger partial charge >= 0.3 is 0 Å². The van der Waals surface area contributed by atoms with Crippen LogP contribution in [0, 0.1) is 5.82 Å². The Bertz CT molecular complexity index is 960. The molecule has 8 heteroatoms. The van der Waals surface area contributed by atoms with E-state index in [4.69, 9.17) is 0 Å². The van der Waals surface area contributed by atoms with Crippen molar-refractivity contribution in [3.63, 3.8) is 0 Å². The number of pyridine rings is 2. The molecular weight excluding hydrogens is 359 g/mol. The molecule has 0 atom stereocenters. The molecule has 0 bridgehead atoms. The molecule has 0 spiro atoms. The molecule has 1 aliphatic rings. The second-order valence-electron chi connectivity index (χ2n) is 6.81. The molecule has 1 aliphatic carbocycles. The van der Waals surface area contributed by atoms with Crippen molar-refractivity contribution < 1.29 is 9.18 Å². The molecule has 0 radical (unpaired) electrons. The summed E-state index contributed by atoms with van der Waals surface area (Å²) in [5.41, 5.74) is 1.14. The fourth-order valence-corrected chi connectivity index (χ4v) is 3.30. The predicted octanol–water partition coefficient (Wildman–Crippen LogP) is 3.19. The van der Waals surface area contributed by atoms with Crippen molar-refractivity contribution in [3.05, 3.63) is 72.3 Å². The zero-order valence-corrected chi connectivity index (χ0v) is 15.1. The van der Waals surface area contributed by atoms with E-state index in [9.17, 15) is 9.18 Å². The molecule has 1 amide bonds. The smallest absolute Gasteiger partial charge is 0.258 e. The average Bonchev–Trinajstić information content (AvgIpc) is 2.69. The Morgan fingerprint density at radius 1 is 1.07 bits per heavy atom. The number of anilines is 2. The minimum atomic E-state index is -0.341. The molecule has 7 nitrogen and oxygen atoms in total. The highest BCUT2D eigenvalue weighted by Gasteiger charge is 2.41. The second kappa shape index (κ2) is 7.67. The Morgan fingerprint density at radius 2 is 1.82 bits per heavy atom. The lowest BCUT2D eigenvalue weighted by Crippen LogP contribution is -2.42. The van der Waals surface area contributed by atoms with Gasteiger partial charge in [0.1, 0.15) is 5.82 Å². The zero-order chi connectivity index (χ0) is 19.4. The van der Waals surface area contributed by atoms with Crippen LogP contribution >= 0.6 is 0 Å². The van der Waals surface area contributed by atoms with Crippen LogP contribution in [0.3, 0.4) is 0 Å². The first-order valence-electron chi connectivity index (χ1n) is 9.05. The maximum absolute atomic E-state index is 14.2. The maximum Gasteiger partial charge on any atom is 0.258 e. The van der Waals surface area contributed by atoms with Crippen molar-refractivity contribution in [1.29, 1.82) is 0 Å². The summed E-state index contributed by atoms with van der Waals surface area (Å²) < 4.78 is 14.2. The van der Waals surface area contributed by atoms with E-state index in [1.165, 1.54) is 18.5 Å². The van der Waals surface area contributed by atoms with E-state index in [-0.39, 0.29) is 17.1 Å². The fraction of sp³-hybridized carbons (Fsp3) is 0.250. The lowest BCUT2D eigenvalue weighted by Gasteiger charge is -2.41. The molecule has 1 fully saturated rings. The van der Waals surface area contributed by atoms with Gasteiger partial charge in [-0.3, -0.25) is 14.8 Å². The van der Waals surface area contributed by atoms with Gasteiger partial charge in [-0.15, -0.1) is 0 Å². The van der Waals surface area contributed by atoms with Crippen LogP contribution < -0.4 is 10.6 Å². The Kier molecular flexibility index (Phi) is 4.92. The lowest BCUT2D eigenvalue weighted by molar-refractivity contribution is 0.102. The number of nitrogens with one attached hydrogen (secondary N) is 2.